The Hall–Kier alpha value is -2.56. The molecule has 1 heterocycles. The zero-order chi connectivity index (χ0) is 16.1. The third-order valence-electron chi connectivity index (χ3n) is 3.70. The van der Waals surface area contributed by atoms with Crippen molar-refractivity contribution in [2.24, 2.45) is 5.92 Å². The molecule has 3 rings (SSSR count). The Kier molecular flexibility index (Phi) is 4.76. The second kappa shape index (κ2) is 7.13. The van der Waals surface area contributed by atoms with Gasteiger partial charge in [-0.2, -0.15) is 0 Å². The number of anilines is 1. The maximum atomic E-state index is 11.7. The van der Waals surface area contributed by atoms with E-state index in [1.54, 1.807) is 6.20 Å². The smallest absolute Gasteiger partial charge is 0.239 e. The van der Waals surface area contributed by atoms with Gasteiger partial charge in [0.15, 0.2) is 0 Å². The topological polar surface area (TPSA) is 63.2 Å². The molecule has 1 amide bonds. The third-order valence-corrected chi connectivity index (χ3v) is 3.70. The Labute approximate surface area is 136 Å². The first-order valence-electron chi connectivity index (χ1n) is 7.90. The van der Waals surface area contributed by atoms with Crippen LogP contribution in [0, 0.1) is 12.8 Å². The van der Waals surface area contributed by atoms with E-state index in [1.165, 1.54) is 12.8 Å². The monoisotopic (exact) mass is 311 g/mol. The van der Waals surface area contributed by atoms with Crippen LogP contribution in [0.5, 0.6) is 11.6 Å². The van der Waals surface area contributed by atoms with Crippen molar-refractivity contribution in [2.75, 3.05) is 18.4 Å². The van der Waals surface area contributed by atoms with Crippen LogP contribution in [0.2, 0.25) is 0 Å². The van der Waals surface area contributed by atoms with Gasteiger partial charge in [-0.3, -0.25) is 4.79 Å². The average molecular weight is 311 g/mol. The third kappa shape index (κ3) is 4.98. The van der Waals surface area contributed by atoms with Crippen LogP contribution < -0.4 is 15.4 Å². The molecule has 1 aromatic carbocycles. The van der Waals surface area contributed by atoms with Crippen molar-refractivity contribution in [3.63, 3.8) is 0 Å². The van der Waals surface area contributed by atoms with E-state index in [2.05, 4.69) is 15.6 Å². The molecule has 120 valence electrons. The van der Waals surface area contributed by atoms with Crippen molar-refractivity contribution < 1.29 is 9.53 Å². The number of carbonyl (C=O) groups excluding carboxylic acids is 1. The van der Waals surface area contributed by atoms with Gasteiger partial charge in [0.2, 0.25) is 11.8 Å². The van der Waals surface area contributed by atoms with Gasteiger partial charge in [0.25, 0.3) is 0 Å². The summed E-state index contributed by atoms with van der Waals surface area (Å²) in [6.45, 7) is 3.07. The van der Waals surface area contributed by atoms with Gasteiger partial charge in [-0.25, -0.2) is 4.98 Å². The molecule has 1 saturated carbocycles. The van der Waals surface area contributed by atoms with Crippen LogP contribution in [-0.2, 0) is 4.79 Å². The molecule has 0 radical (unpaired) electrons. The zero-order valence-electron chi connectivity index (χ0n) is 13.2. The van der Waals surface area contributed by atoms with Gasteiger partial charge < -0.3 is 15.4 Å². The second-order valence-corrected chi connectivity index (χ2v) is 5.90. The molecule has 0 atom stereocenters. The fourth-order valence-corrected chi connectivity index (χ4v) is 2.10. The van der Waals surface area contributed by atoms with E-state index >= 15 is 0 Å². The number of carbonyl (C=O) groups is 1. The van der Waals surface area contributed by atoms with E-state index in [0.717, 1.165) is 17.8 Å². The van der Waals surface area contributed by atoms with Crippen LogP contribution >= 0.6 is 0 Å². The predicted octanol–water partition coefficient (Wildman–Crippen LogP) is 3.12. The molecule has 0 spiro atoms. The summed E-state index contributed by atoms with van der Waals surface area (Å²) in [5.41, 5.74) is 1.98. The maximum Gasteiger partial charge on any atom is 0.239 e. The van der Waals surface area contributed by atoms with Gasteiger partial charge in [-0.1, -0.05) is 6.07 Å². The highest BCUT2D eigenvalue weighted by molar-refractivity contribution is 5.80. The first-order chi connectivity index (χ1) is 11.2. The van der Waals surface area contributed by atoms with Crippen molar-refractivity contribution in [1.29, 1.82) is 0 Å². The number of ether oxygens (including phenoxy) is 1. The zero-order valence-corrected chi connectivity index (χ0v) is 13.2. The summed E-state index contributed by atoms with van der Waals surface area (Å²) in [4.78, 5) is 15.9. The summed E-state index contributed by atoms with van der Waals surface area (Å²) in [5.74, 6) is 2.01. The van der Waals surface area contributed by atoms with Crippen molar-refractivity contribution in [3.05, 3.63) is 48.2 Å². The Morgan fingerprint density at radius 3 is 2.65 bits per heavy atom. The summed E-state index contributed by atoms with van der Waals surface area (Å²) in [7, 11) is 0. The first-order valence-corrected chi connectivity index (χ1v) is 7.90. The van der Waals surface area contributed by atoms with Crippen LogP contribution in [0.4, 0.5) is 5.69 Å². The molecular weight excluding hydrogens is 290 g/mol. The number of hydrogen-bond donors (Lipinski definition) is 2. The number of pyridine rings is 1. The average Bonchev–Trinajstić information content (AvgIpc) is 3.39. The highest BCUT2D eigenvalue weighted by atomic mass is 16.5. The Morgan fingerprint density at radius 1 is 1.22 bits per heavy atom. The number of nitrogens with one attached hydrogen (secondary N) is 2. The lowest BCUT2D eigenvalue weighted by atomic mass is 10.3. The minimum Gasteiger partial charge on any atom is -0.439 e. The van der Waals surface area contributed by atoms with E-state index in [-0.39, 0.29) is 12.5 Å². The summed E-state index contributed by atoms with van der Waals surface area (Å²) in [6.07, 6.45) is 4.25. The standard InChI is InChI=1S/C18H21N3O2/c1-13-2-9-18(21-10-13)23-16-7-5-15(6-8-16)19-12-17(22)20-11-14-3-4-14/h2,5-10,14,19H,3-4,11-12H2,1H3,(H,20,22). The highest BCUT2D eigenvalue weighted by Gasteiger charge is 2.21. The van der Waals surface area contributed by atoms with E-state index in [0.29, 0.717) is 17.5 Å². The molecule has 0 aliphatic heterocycles. The molecule has 2 N–H and O–H groups in total. The summed E-state index contributed by atoms with van der Waals surface area (Å²) >= 11 is 0. The summed E-state index contributed by atoms with van der Waals surface area (Å²) in [6, 6.07) is 11.3. The number of aromatic nitrogens is 1. The normalized spacial score (nSPS) is 13.4. The van der Waals surface area contributed by atoms with E-state index in [9.17, 15) is 4.79 Å². The lowest BCUT2D eigenvalue weighted by molar-refractivity contribution is -0.119. The van der Waals surface area contributed by atoms with E-state index in [4.69, 9.17) is 4.74 Å². The van der Waals surface area contributed by atoms with E-state index in [1.807, 2.05) is 43.3 Å². The molecule has 1 aliphatic rings. The van der Waals surface area contributed by atoms with Crippen molar-refractivity contribution in [1.82, 2.24) is 10.3 Å². The second-order valence-electron chi connectivity index (χ2n) is 5.90. The van der Waals surface area contributed by atoms with Crippen molar-refractivity contribution in [3.8, 4) is 11.6 Å². The summed E-state index contributed by atoms with van der Waals surface area (Å²) in [5, 5.41) is 6.03. The SMILES string of the molecule is Cc1ccc(Oc2ccc(NCC(=O)NCC3CC3)cc2)nc1. The van der Waals surface area contributed by atoms with Crippen molar-refractivity contribution >= 4 is 11.6 Å². The number of hydrogen-bond acceptors (Lipinski definition) is 4. The quantitative estimate of drug-likeness (QED) is 0.824. The molecule has 23 heavy (non-hydrogen) atoms. The maximum absolute atomic E-state index is 11.7. The minimum absolute atomic E-state index is 0.0288. The van der Waals surface area contributed by atoms with Crippen LogP contribution in [-0.4, -0.2) is 24.0 Å². The van der Waals surface area contributed by atoms with Gasteiger partial charge in [-0.05, 0) is 55.5 Å². The molecule has 1 fully saturated rings. The number of rotatable bonds is 7. The van der Waals surface area contributed by atoms with Crippen LogP contribution in [0.1, 0.15) is 18.4 Å². The first kappa shape index (κ1) is 15.3. The number of nitrogens with zero attached hydrogens (tertiary/aromatic N) is 1. The number of benzene rings is 1. The Bertz CT molecular complexity index is 649. The van der Waals surface area contributed by atoms with Gasteiger partial charge in [-0.15, -0.1) is 0 Å². The van der Waals surface area contributed by atoms with Gasteiger partial charge >= 0.3 is 0 Å². The van der Waals surface area contributed by atoms with Crippen LogP contribution in [0.3, 0.4) is 0 Å². The van der Waals surface area contributed by atoms with E-state index < -0.39 is 0 Å². The van der Waals surface area contributed by atoms with Crippen molar-refractivity contribution in [2.45, 2.75) is 19.8 Å². The molecule has 2 aromatic rings. The number of amides is 1. The molecule has 0 unspecified atom stereocenters. The lowest BCUT2D eigenvalue weighted by Gasteiger charge is -2.09. The molecule has 5 nitrogen and oxygen atoms in total. The molecular formula is C18H21N3O2. The fourth-order valence-electron chi connectivity index (χ4n) is 2.10. The molecule has 1 aromatic heterocycles. The predicted molar refractivity (Wildman–Crippen MR) is 89.7 cm³/mol. The Morgan fingerprint density at radius 2 is 2.00 bits per heavy atom. The van der Waals surface area contributed by atoms with Gasteiger partial charge in [0.05, 0.1) is 6.54 Å². The fraction of sp³-hybridized carbons (Fsp3) is 0.333. The highest BCUT2D eigenvalue weighted by Crippen LogP contribution is 2.27. The Balaban J connectivity index is 1.46. The molecule has 0 saturated heterocycles. The molecule has 1 aliphatic carbocycles. The van der Waals surface area contributed by atoms with Crippen LogP contribution in [0.25, 0.3) is 0 Å². The largest absolute Gasteiger partial charge is 0.439 e. The minimum atomic E-state index is 0.0288. The number of aryl methyl sites for hydroxylation is 1. The lowest BCUT2D eigenvalue weighted by Crippen LogP contribution is -2.31. The van der Waals surface area contributed by atoms with Crippen LogP contribution in [0.15, 0.2) is 42.6 Å². The molecule has 0 bridgehead atoms. The molecule has 5 heteroatoms. The van der Waals surface area contributed by atoms with Gasteiger partial charge in [0.1, 0.15) is 5.75 Å². The van der Waals surface area contributed by atoms with Gasteiger partial charge in [0, 0.05) is 24.5 Å². The summed E-state index contributed by atoms with van der Waals surface area (Å²) < 4.78 is 5.67.